The van der Waals surface area contributed by atoms with Crippen molar-refractivity contribution in [3.05, 3.63) is 189 Å². The lowest BCUT2D eigenvalue weighted by molar-refractivity contribution is -0.258. The third-order valence-electron chi connectivity index (χ3n) is 10.1. The fraction of sp³-hybridized carbons (Fsp3) is 0.280. The Morgan fingerprint density at radius 1 is 0.466 bits per heavy atom. The van der Waals surface area contributed by atoms with Gasteiger partial charge in [0.15, 0.2) is 0 Å². The summed E-state index contributed by atoms with van der Waals surface area (Å²) in [5.41, 5.74) is 9.41. The van der Waals surface area contributed by atoms with Crippen molar-refractivity contribution >= 4 is 36.0 Å². The maximum Gasteiger partial charge on any atom is 0.263 e. The highest BCUT2D eigenvalue weighted by Crippen LogP contribution is 2.54. The molecule has 6 aromatic carbocycles. The van der Waals surface area contributed by atoms with Crippen LogP contribution < -0.4 is 21.2 Å². The predicted octanol–water partition coefficient (Wildman–Crippen LogP) is 10.9. The standard InChI is InChI=1S/C50H56O6P2/c1-35-20-36(2)25-46(24-35)57(51,47-26-37(3)21-38(4)27-47)55-43(9)50(54-33-45-18-14-11-15-19-45,34-53-32-44-16-12-10-13-17-44)56-58(52,48-28-39(5)22-40(6)29-48)49-30-41(7)23-42(8)31-49/h10-31,43H,32-34H2,1-9H3/t43-,50-/m1/s1. The van der Waals surface area contributed by atoms with Crippen molar-refractivity contribution in [1.82, 2.24) is 0 Å². The molecular formula is C50H56O6P2. The second-order valence-electron chi connectivity index (χ2n) is 15.9. The molecule has 0 fully saturated rings. The fourth-order valence-electron chi connectivity index (χ4n) is 7.60. The Morgan fingerprint density at radius 2 is 0.793 bits per heavy atom. The van der Waals surface area contributed by atoms with Crippen LogP contribution in [0.4, 0.5) is 0 Å². The summed E-state index contributed by atoms with van der Waals surface area (Å²) in [6.45, 7) is 17.8. The Labute approximate surface area is 345 Å². The van der Waals surface area contributed by atoms with Crippen molar-refractivity contribution in [1.29, 1.82) is 0 Å². The molecule has 0 saturated heterocycles. The molecule has 0 aromatic heterocycles. The smallest absolute Gasteiger partial charge is 0.263 e. The first-order chi connectivity index (χ1) is 27.6. The number of benzene rings is 6. The Morgan fingerprint density at radius 3 is 1.16 bits per heavy atom. The molecule has 0 unspecified atom stereocenters. The van der Waals surface area contributed by atoms with Gasteiger partial charge < -0.3 is 14.0 Å². The lowest BCUT2D eigenvalue weighted by atomic mass is 10.1. The summed E-state index contributed by atoms with van der Waals surface area (Å²) in [6, 6.07) is 43.2. The normalized spacial score (nSPS) is 13.6. The first kappa shape index (κ1) is 43.2. The summed E-state index contributed by atoms with van der Waals surface area (Å²) in [5.74, 6) is -1.87. The van der Waals surface area contributed by atoms with E-state index in [1.54, 1.807) is 6.92 Å². The van der Waals surface area contributed by atoms with Crippen LogP contribution in [0.15, 0.2) is 133 Å². The zero-order valence-electron chi connectivity index (χ0n) is 35.2. The van der Waals surface area contributed by atoms with Crippen LogP contribution in [0.3, 0.4) is 0 Å². The molecule has 0 heterocycles. The number of hydrogen-bond acceptors (Lipinski definition) is 6. The molecule has 0 bridgehead atoms. The molecule has 6 aromatic rings. The Bertz CT molecular complexity index is 2270. The first-order valence-electron chi connectivity index (χ1n) is 19.8. The predicted molar refractivity (Wildman–Crippen MR) is 239 cm³/mol. The maximum atomic E-state index is 16.4. The molecule has 2 atom stereocenters. The second-order valence-corrected chi connectivity index (χ2v) is 20.6. The SMILES string of the molecule is Cc1cc(C)cc(P(=O)(O[C@H](C)[C@](COCc2ccccc2)(OCc2ccccc2)OP(=O)(c2cc(C)cc(C)c2)c2cc(C)cc(C)c2)c2cc(C)cc(C)c2)c1. The van der Waals surface area contributed by atoms with Gasteiger partial charge in [-0.1, -0.05) is 129 Å². The van der Waals surface area contributed by atoms with Gasteiger partial charge in [-0.25, -0.2) is 0 Å². The van der Waals surface area contributed by atoms with E-state index in [-0.39, 0.29) is 19.8 Å². The van der Waals surface area contributed by atoms with Crippen molar-refractivity contribution < 1.29 is 27.7 Å². The lowest BCUT2D eigenvalue weighted by Crippen LogP contribution is -2.52. The molecule has 8 heteroatoms. The minimum absolute atomic E-state index is 0.0698. The molecule has 0 radical (unpaired) electrons. The van der Waals surface area contributed by atoms with Crippen molar-refractivity contribution in [2.24, 2.45) is 0 Å². The van der Waals surface area contributed by atoms with Crippen LogP contribution in [0.25, 0.3) is 0 Å². The van der Waals surface area contributed by atoms with Crippen LogP contribution in [0.5, 0.6) is 0 Å². The van der Waals surface area contributed by atoms with Gasteiger partial charge >= 0.3 is 0 Å². The van der Waals surface area contributed by atoms with Crippen molar-refractivity contribution in [2.75, 3.05) is 6.61 Å². The van der Waals surface area contributed by atoms with Crippen molar-refractivity contribution in [3.8, 4) is 0 Å². The van der Waals surface area contributed by atoms with Crippen LogP contribution in [-0.2, 0) is 40.9 Å². The Kier molecular flexibility index (Phi) is 13.6. The molecule has 0 aliphatic rings. The van der Waals surface area contributed by atoms with E-state index in [0.29, 0.717) is 21.2 Å². The van der Waals surface area contributed by atoms with E-state index < -0.39 is 26.6 Å². The minimum Gasteiger partial charge on any atom is -0.371 e. The maximum absolute atomic E-state index is 16.4. The highest BCUT2D eigenvalue weighted by Gasteiger charge is 2.50. The van der Waals surface area contributed by atoms with Gasteiger partial charge in [0, 0.05) is 21.2 Å². The molecule has 6 nitrogen and oxygen atoms in total. The third-order valence-corrected chi connectivity index (χ3v) is 15.1. The van der Waals surface area contributed by atoms with E-state index in [4.69, 9.17) is 18.5 Å². The van der Waals surface area contributed by atoms with E-state index in [2.05, 4.69) is 12.1 Å². The highest BCUT2D eigenvalue weighted by atomic mass is 31.2. The average molecular weight is 815 g/mol. The zero-order valence-corrected chi connectivity index (χ0v) is 37.0. The van der Waals surface area contributed by atoms with E-state index in [1.165, 1.54) is 0 Å². The summed E-state index contributed by atoms with van der Waals surface area (Å²) < 4.78 is 60.5. The van der Waals surface area contributed by atoms with E-state index in [9.17, 15) is 0 Å². The highest BCUT2D eigenvalue weighted by molar-refractivity contribution is 7.74. The molecule has 0 spiro atoms. The number of ether oxygens (including phenoxy) is 2. The number of rotatable bonds is 16. The summed E-state index contributed by atoms with van der Waals surface area (Å²) in [4.78, 5) is 0. The Hall–Kier alpha value is -4.38. The van der Waals surface area contributed by atoms with Gasteiger partial charge in [-0.2, -0.15) is 0 Å². The molecule has 0 amide bonds. The molecule has 6 rings (SSSR count). The summed E-state index contributed by atoms with van der Waals surface area (Å²) >= 11 is 0. The van der Waals surface area contributed by atoms with Gasteiger partial charge in [0.05, 0.1) is 13.2 Å². The Balaban J connectivity index is 1.59. The van der Waals surface area contributed by atoms with Crippen LogP contribution in [-0.4, -0.2) is 18.5 Å². The molecule has 0 aliphatic heterocycles. The largest absolute Gasteiger partial charge is 0.371 e. The molecule has 0 N–H and O–H groups in total. The van der Waals surface area contributed by atoms with Gasteiger partial charge in [0.1, 0.15) is 12.7 Å². The monoisotopic (exact) mass is 814 g/mol. The van der Waals surface area contributed by atoms with Gasteiger partial charge in [-0.3, -0.25) is 13.7 Å². The zero-order chi connectivity index (χ0) is 41.7. The topological polar surface area (TPSA) is 71.1 Å². The second kappa shape index (κ2) is 18.3. The average Bonchev–Trinajstić information content (AvgIpc) is 3.16. The molecule has 0 saturated carbocycles. The van der Waals surface area contributed by atoms with Crippen molar-refractivity contribution in [3.63, 3.8) is 0 Å². The summed E-state index contributed by atoms with van der Waals surface area (Å²) in [5, 5.41) is 2.14. The van der Waals surface area contributed by atoms with Gasteiger partial charge in [0.2, 0.25) is 5.79 Å². The number of aryl methyl sites for hydroxylation is 8. The quantitative estimate of drug-likeness (QED) is 0.0716. The van der Waals surface area contributed by atoms with Crippen molar-refractivity contribution in [2.45, 2.75) is 87.4 Å². The molecule has 0 aliphatic carbocycles. The van der Waals surface area contributed by atoms with Crippen LogP contribution in [0, 0.1) is 55.4 Å². The lowest BCUT2D eigenvalue weighted by Gasteiger charge is -2.42. The number of hydrogen-bond donors (Lipinski definition) is 0. The minimum atomic E-state index is -4.06. The van der Waals surface area contributed by atoms with E-state index >= 15 is 9.13 Å². The molecule has 58 heavy (non-hydrogen) atoms. The van der Waals surface area contributed by atoms with E-state index in [1.807, 2.05) is 177 Å². The summed E-state index contributed by atoms with van der Waals surface area (Å²) in [7, 11) is -7.97. The fourth-order valence-corrected chi connectivity index (χ4v) is 12.9. The molecular weight excluding hydrogens is 758 g/mol. The van der Waals surface area contributed by atoms with E-state index in [0.717, 1.165) is 55.6 Å². The van der Waals surface area contributed by atoms with Crippen LogP contribution >= 0.6 is 14.7 Å². The van der Waals surface area contributed by atoms with Gasteiger partial charge in [-0.15, -0.1) is 0 Å². The van der Waals surface area contributed by atoms with Crippen LogP contribution in [0.2, 0.25) is 0 Å². The van der Waals surface area contributed by atoms with Crippen LogP contribution in [0.1, 0.15) is 62.6 Å². The first-order valence-corrected chi connectivity index (χ1v) is 23.1. The molecule has 302 valence electrons. The third kappa shape index (κ3) is 10.2. The van der Waals surface area contributed by atoms with Gasteiger partial charge in [-0.05, 0) is 122 Å². The summed E-state index contributed by atoms with van der Waals surface area (Å²) in [6.07, 6.45) is -1.11. The van der Waals surface area contributed by atoms with Gasteiger partial charge in [0.25, 0.3) is 14.7 Å².